The summed E-state index contributed by atoms with van der Waals surface area (Å²) in [5.41, 5.74) is 0.218. The Kier molecular flexibility index (Phi) is 4.19. The van der Waals surface area contributed by atoms with Crippen molar-refractivity contribution in [3.63, 3.8) is 0 Å². The Bertz CT molecular complexity index is 576. The number of rotatable bonds is 3. The fourth-order valence-corrected chi connectivity index (χ4v) is 2.01. The molecule has 20 heavy (non-hydrogen) atoms. The largest absolute Gasteiger partial charge is 0.373 e. The van der Waals surface area contributed by atoms with Gasteiger partial charge in [0, 0.05) is 19.7 Å². The lowest BCUT2D eigenvalue weighted by Crippen LogP contribution is -2.52. The molecular weight excluding hydrogens is 284 g/mol. The molecule has 0 aromatic carbocycles. The Balaban J connectivity index is 2.12. The summed E-state index contributed by atoms with van der Waals surface area (Å²) in [4.78, 5) is 38.7. The highest BCUT2D eigenvalue weighted by Gasteiger charge is 2.28. The molecule has 2 heterocycles. The standard InChI is InChI=1S/C12H13ClN4O3/c1-14-9-4-6(7(13)5-15-9)11(19)16-8-2-3-10(18)17-12(8)20/h4-5,8H,2-3H2,1H3,(H,14,15)(H,16,19)(H,17,18,20). The maximum atomic E-state index is 12.1. The molecule has 3 N–H and O–H groups in total. The van der Waals surface area contributed by atoms with E-state index in [1.165, 1.54) is 12.3 Å². The van der Waals surface area contributed by atoms with Crippen molar-refractivity contribution in [2.24, 2.45) is 0 Å². The summed E-state index contributed by atoms with van der Waals surface area (Å²) >= 11 is 5.92. The van der Waals surface area contributed by atoms with Crippen molar-refractivity contribution >= 4 is 35.1 Å². The molecule has 0 spiro atoms. The van der Waals surface area contributed by atoms with Crippen LogP contribution in [0, 0.1) is 0 Å². The van der Waals surface area contributed by atoms with E-state index in [1.807, 2.05) is 0 Å². The first-order chi connectivity index (χ1) is 9.51. The molecule has 1 aliphatic rings. The minimum atomic E-state index is -0.734. The molecular formula is C12H13ClN4O3. The maximum absolute atomic E-state index is 12.1. The Morgan fingerprint density at radius 2 is 2.25 bits per heavy atom. The summed E-state index contributed by atoms with van der Waals surface area (Å²) in [6.45, 7) is 0. The quantitative estimate of drug-likeness (QED) is 0.697. The lowest BCUT2D eigenvalue weighted by atomic mass is 10.1. The predicted molar refractivity (Wildman–Crippen MR) is 72.4 cm³/mol. The van der Waals surface area contributed by atoms with E-state index in [9.17, 15) is 14.4 Å². The van der Waals surface area contributed by atoms with Gasteiger partial charge in [0.1, 0.15) is 11.9 Å². The minimum absolute atomic E-state index is 0.189. The van der Waals surface area contributed by atoms with E-state index in [1.54, 1.807) is 7.05 Å². The van der Waals surface area contributed by atoms with Crippen LogP contribution in [0.15, 0.2) is 12.3 Å². The number of imide groups is 1. The van der Waals surface area contributed by atoms with Crippen molar-refractivity contribution in [2.45, 2.75) is 18.9 Å². The van der Waals surface area contributed by atoms with Crippen molar-refractivity contribution in [1.82, 2.24) is 15.6 Å². The van der Waals surface area contributed by atoms with Crippen molar-refractivity contribution < 1.29 is 14.4 Å². The van der Waals surface area contributed by atoms with Crippen LogP contribution in [-0.2, 0) is 9.59 Å². The molecule has 0 bridgehead atoms. The number of nitrogens with zero attached hydrogens (tertiary/aromatic N) is 1. The molecule has 1 saturated heterocycles. The molecule has 8 heteroatoms. The fraction of sp³-hybridized carbons (Fsp3) is 0.333. The van der Waals surface area contributed by atoms with Crippen molar-refractivity contribution in [2.75, 3.05) is 12.4 Å². The molecule has 1 aromatic rings. The second-order valence-corrected chi connectivity index (χ2v) is 4.68. The normalized spacial score (nSPS) is 18.4. The van der Waals surface area contributed by atoms with Gasteiger partial charge >= 0.3 is 0 Å². The van der Waals surface area contributed by atoms with Crippen LogP contribution in [0.25, 0.3) is 0 Å². The third-order valence-electron chi connectivity index (χ3n) is 2.90. The van der Waals surface area contributed by atoms with Gasteiger partial charge in [-0.05, 0) is 12.5 Å². The zero-order valence-corrected chi connectivity index (χ0v) is 11.5. The van der Waals surface area contributed by atoms with E-state index in [-0.39, 0.29) is 29.3 Å². The topological polar surface area (TPSA) is 100 Å². The molecule has 7 nitrogen and oxygen atoms in total. The molecule has 1 fully saturated rings. The van der Waals surface area contributed by atoms with E-state index < -0.39 is 17.9 Å². The highest BCUT2D eigenvalue weighted by molar-refractivity contribution is 6.33. The number of anilines is 1. The summed E-state index contributed by atoms with van der Waals surface area (Å²) in [5, 5.41) is 7.71. The minimum Gasteiger partial charge on any atom is -0.373 e. The van der Waals surface area contributed by atoms with Crippen LogP contribution >= 0.6 is 11.6 Å². The van der Waals surface area contributed by atoms with Crippen molar-refractivity contribution in [3.05, 3.63) is 22.8 Å². The van der Waals surface area contributed by atoms with E-state index in [0.29, 0.717) is 5.82 Å². The molecule has 0 radical (unpaired) electrons. The molecule has 1 aliphatic heterocycles. The Morgan fingerprint density at radius 1 is 1.50 bits per heavy atom. The summed E-state index contributed by atoms with van der Waals surface area (Å²) in [7, 11) is 1.66. The smallest absolute Gasteiger partial charge is 0.253 e. The molecule has 1 aromatic heterocycles. The fourth-order valence-electron chi connectivity index (χ4n) is 1.82. The molecule has 1 unspecified atom stereocenters. The van der Waals surface area contributed by atoms with Gasteiger partial charge in [-0.25, -0.2) is 4.98 Å². The number of pyridine rings is 1. The average molecular weight is 297 g/mol. The van der Waals surface area contributed by atoms with Gasteiger partial charge in [-0.3, -0.25) is 19.7 Å². The summed E-state index contributed by atoms with van der Waals surface area (Å²) in [5.74, 6) is -0.834. The third-order valence-corrected chi connectivity index (χ3v) is 3.20. The SMILES string of the molecule is CNc1cc(C(=O)NC2CCC(=O)NC2=O)c(Cl)cn1. The summed E-state index contributed by atoms with van der Waals surface area (Å²) < 4.78 is 0. The first kappa shape index (κ1) is 14.3. The number of piperidine rings is 1. The van der Waals surface area contributed by atoms with Crippen LogP contribution in [0.4, 0.5) is 5.82 Å². The van der Waals surface area contributed by atoms with Crippen molar-refractivity contribution in [3.8, 4) is 0 Å². The van der Waals surface area contributed by atoms with Crippen LogP contribution in [0.1, 0.15) is 23.2 Å². The molecule has 3 amide bonds. The third kappa shape index (κ3) is 3.05. The second kappa shape index (κ2) is 5.87. The van der Waals surface area contributed by atoms with E-state index in [2.05, 4.69) is 20.9 Å². The van der Waals surface area contributed by atoms with Crippen molar-refractivity contribution in [1.29, 1.82) is 0 Å². The Labute approximate surface area is 120 Å². The van der Waals surface area contributed by atoms with Gasteiger partial charge in [-0.2, -0.15) is 0 Å². The van der Waals surface area contributed by atoms with Gasteiger partial charge in [0.2, 0.25) is 11.8 Å². The number of hydrogen-bond acceptors (Lipinski definition) is 5. The number of halogens is 1. The lowest BCUT2D eigenvalue weighted by Gasteiger charge is -2.22. The molecule has 2 rings (SSSR count). The monoisotopic (exact) mass is 296 g/mol. The highest BCUT2D eigenvalue weighted by atomic mass is 35.5. The predicted octanol–water partition coefficient (Wildman–Crippen LogP) is 0.312. The first-order valence-electron chi connectivity index (χ1n) is 5.99. The molecule has 0 aliphatic carbocycles. The maximum Gasteiger partial charge on any atom is 0.253 e. The Morgan fingerprint density at radius 3 is 2.90 bits per heavy atom. The number of carbonyl (C=O) groups excluding carboxylic acids is 3. The molecule has 106 valence electrons. The summed E-state index contributed by atoms with van der Waals surface area (Å²) in [6.07, 6.45) is 1.83. The van der Waals surface area contributed by atoms with E-state index >= 15 is 0 Å². The second-order valence-electron chi connectivity index (χ2n) is 4.28. The van der Waals surface area contributed by atoms with E-state index in [0.717, 1.165) is 0 Å². The highest BCUT2D eigenvalue weighted by Crippen LogP contribution is 2.18. The number of carbonyl (C=O) groups is 3. The van der Waals surface area contributed by atoms with E-state index in [4.69, 9.17) is 11.6 Å². The average Bonchev–Trinajstić information content (AvgIpc) is 2.42. The van der Waals surface area contributed by atoms with Gasteiger partial charge in [-0.15, -0.1) is 0 Å². The molecule has 0 saturated carbocycles. The zero-order chi connectivity index (χ0) is 14.7. The summed E-state index contributed by atoms with van der Waals surface area (Å²) in [6, 6.07) is 0.756. The number of aromatic nitrogens is 1. The first-order valence-corrected chi connectivity index (χ1v) is 6.37. The Hall–Kier alpha value is -2.15. The van der Waals surface area contributed by atoms with Gasteiger partial charge in [0.05, 0.1) is 10.6 Å². The van der Waals surface area contributed by atoms with Crippen LogP contribution < -0.4 is 16.0 Å². The number of hydrogen-bond donors (Lipinski definition) is 3. The van der Waals surface area contributed by atoms with Gasteiger partial charge in [0.25, 0.3) is 5.91 Å². The number of amides is 3. The lowest BCUT2D eigenvalue weighted by molar-refractivity contribution is -0.134. The van der Waals surface area contributed by atoms with Gasteiger partial charge in [-0.1, -0.05) is 11.6 Å². The number of nitrogens with one attached hydrogen (secondary N) is 3. The van der Waals surface area contributed by atoms with Gasteiger partial charge < -0.3 is 10.6 Å². The van der Waals surface area contributed by atoms with Crippen LogP contribution in [0.2, 0.25) is 5.02 Å². The molecule has 1 atom stereocenters. The van der Waals surface area contributed by atoms with Crippen LogP contribution in [0.5, 0.6) is 0 Å². The van der Waals surface area contributed by atoms with Crippen LogP contribution in [0.3, 0.4) is 0 Å². The van der Waals surface area contributed by atoms with Gasteiger partial charge in [0.15, 0.2) is 0 Å². The van der Waals surface area contributed by atoms with Crippen LogP contribution in [-0.4, -0.2) is 35.8 Å². The zero-order valence-electron chi connectivity index (χ0n) is 10.7.